The van der Waals surface area contributed by atoms with Crippen molar-refractivity contribution in [3.63, 3.8) is 0 Å². The van der Waals surface area contributed by atoms with Gasteiger partial charge in [-0.05, 0) is 26.0 Å². The number of hydrogen-bond acceptors (Lipinski definition) is 5. The number of aromatic nitrogens is 2. The van der Waals surface area contributed by atoms with Crippen LogP contribution < -0.4 is 5.32 Å². The van der Waals surface area contributed by atoms with Crippen molar-refractivity contribution in [2.45, 2.75) is 19.9 Å². The van der Waals surface area contributed by atoms with Crippen LogP contribution in [-0.4, -0.2) is 9.97 Å². The normalized spacial score (nSPS) is 12.8. The Morgan fingerprint density at radius 1 is 1.32 bits per heavy atom. The Morgan fingerprint density at radius 3 is 2.89 bits per heavy atom. The number of anilines is 1. The van der Waals surface area contributed by atoms with Crippen molar-refractivity contribution in [3.05, 3.63) is 38.7 Å². The molecule has 3 aromatic rings. The van der Waals surface area contributed by atoms with Crippen LogP contribution in [0.2, 0.25) is 5.02 Å². The maximum absolute atomic E-state index is 6.28. The van der Waals surface area contributed by atoms with E-state index in [0.717, 1.165) is 26.6 Å². The molecule has 0 amide bonds. The molecule has 19 heavy (non-hydrogen) atoms. The number of benzene rings is 1. The summed E-state index contributed by atoms with van der Waals surface area (Å²) in [5.74, 6) is 0. The summed E-state index contributed by atoms with van der Waals surface area (Å²) in [6, 6.07) is 4.01. The number of hydrogen-bond donors (Lipinski definition) is 1. The van der Waals surface area contributed by atoms with E-state index in [-0.39, 0.29) is 6.04 Å². The number of nitrogens with zero attached hydrogens (tertiary/aromatic N) is 2. The van der Waals surface area contributed by atoms with Crippen molar-refractivity contribution >= 4 is 50.2 Å². The lowest BCUT2D eigenvalue weighted by Crippen LogP contribution is -2.08. The molecule has 3 rings (SSSR count). The quantitative estimate of drug-likeness (QED) is 0.748. The van der Waals surface area contributed by atoms with Gasteiger partial charge in [-0.1, -0.05) is 11.6 Å². The Morgan fingerprint density at radius 2 is 2.16 bits per heavy atom. The van der Waals surface area contributed by atoms with Crippen molar-refractivity contribution in [2.75, 3.05) is 5.32 Å². The van der Waals surface area contributed by atoms with E-state index in [0.29, 0.717) is 5.02 Å². The van der Waals surface area contributed by atoms with Crippen molar-refractivity contribution in [1.29, 1.82) is 0 Å². The van der Waals surface area contributed by atoms with E-state index in [1.54, 1.807) is 22.7 Å². The molecule has 0 aliphatic rings. The maximum atomic E-state index is 6.28. The van der Waals surface area contributed by atoms with Crippen molar-refractivity contribution < 1.29 is 0 Å². The fourth-order valence-corrected chi connectivity index (χ4v) is 3.51. The molecular formula is C13H12ClN3S2. The first-order valence-electron chi connectivity index (χ1n) is 5.85. The molecule has 6 heteroatoms. The number of rotatable bonds is 3. The maximum Gasteiger partial charge on any atom is 0.106 e. The van der Waals surface area contributed by atoms with Crippen LogP contribution in [0.1, 0.15) is 23.7 Å². The smallest absolute Gasteiger partial charge is 0.106 e. The van der Waals surface area contributed by atoms with Crippen LogP contribution in [0.15, 0.2) is 23.0 Å². The average Bonchev–Trinajstić information content (AvgIpc) is 3.01. The van der Waals surface area contributed by atoms with Crippen molar-refractivity contribution in [1.82, 2.24) is 9.97 Å². The topological polar surface area (TPSA) is 37.8 Å². The molecular weight excluding hydrogens is 298 g/mol. The highest BCUT2D eigenvalue weighted by molar-refractivity contribution is 7.16. The molecule has 2 aromatic heterocycles. The monoisotopic (exact) mass is 309 g/mol. The summed E-state index contributed by atoms with van der Waals surface area (Å²) in [5.41, 5.74) is 4.68. The van der Waals surface area contributed by atoms with Gasteiger partial charge in [0.15, 0.2) is 0 Å². The minimum Gasteiger partial charge on any atom is -0.374 e. The third-order valence-corrected chi connectivity index (χ3v) is 4.79. The summed E-state index contributed by atoms with van der Waals surface area (Å²) < 4.78 is 1.13. The van der Waals surface area contributed by atoms with Crippen LogP contribution in [0.25, 0.3) is 10.2 Å². The van der Waals surface area contributed by atoms with Gasteiger partial charge in [-0.15, -0.1) is 22.7 Å². The molecule has 1 atom stereocenters. The van der Waals surface area contributed by atoms with Gasteiger partial charge < -0.3 is 5.32 Å². The summed E-state index contributed by atoms with van der Waals surface area (Å²) in [7, 11) is 0. The van der Waals surface area contributed by atoms with Crippen LogP contribution in [0.5, 0.6) is 0 Å². The zero-order chi connectivity index (χ0) is 13.4. The second-order valence-electron chi connectivity index (χ2n) is 4.28. The molecule has 2 heterocycles. The predicted molar refractivity (Wildman–Crippen MR) is 83.5 cm³/mol. The summed E-state index contributed by atoms with van der Waals surface area (Å²) in [4.78, 5) is 8.88. The van der Waals surface area contributed by atoms with Crippen molar-refractivity contribution in [3.8, 4) is 0 Å². The van der Waals surface area contributed by atoms with Crippen LogP contribution in [0.3, 0.4) is 0 Å². The lowest BCUT2D eigenvalue weighted by molar-refractivity contribution is 0.846. The molecule has 0 aliphatic carbocycles. The molecule has 3 nitrogen and oxygen atoms in total. The summed E-state index contributed by atoms with van der Waals surface area (Å²) in [6.45, 7) is 4.09. The highest BCUT2D eigenvalue weighted by Crippen LogP contribution is 2.34. The second-order valence-corrected chi connectivity index (χ2v) is 6.63. The van der Waals surface area contributed by atoms with E-state index in [9.17, 15) is 0 Å². The minimum absolute atomic E-state index is 0.106. The van der Waals surface area contributed by atoms with E-state index >= 15 is 0 Å². The zero-order valence-electron chi connectivity index (χ0n) is 10.5. The lowest BCUT2D eigenvalue weighted by atomic mass is 10.2. The fraction of sp³-hybridized carbons (Fsp3) is 0.231. The third kappa shape index (κ3) is 2.45. The van der Waals surface area contributed by atoms with Gasteiger partial charge in [0.25, 0.3) is 0 Å². The number of fused-ring (bicyclic) bond motifs is 1. The van der Waals surface area contributed by atoms with Gasteiger partial charge in [0, 0.05) is 5.38 Å². The van der Waals surface area contributed by atoms with Gasteiger partial charge in [-0.3, -0.25) is 0 Å². The van der Waals surface area contributed by atoms with Gasteiger partial charge in [-0.25, -0.2) is 9.97 Å². The molecule has 0 fully saturated rings. The van der Waals surface area contributed by atoms with Gasteiger partial charge in [0.1, 0.15) is 5.52 Å². The molecule has 0 radical (unpaired) electrons. The number of thiazole rings is 2. The van der Waals surface area contributed by atoms with E-state index in [4.69, 9.17) is 11.6 Å². The lowest BCUT2D eigenvalue weighted by Gasteiger charge is -2.15. The molecule has 0 saturated carbocycles. The molecule has 1 unspecified atom stereocenters. The number of aryl methyl sites for hydroxylation is 1. The largest absolute Gasteiger partial charge is 0.374 e. The molecule has 98 valence electrons. The van der Waals surface area contributed by atoms with Crippen LogP contribution in [-0.2, 0) is 0 Å². The van der Waals surface area contributed by atoms with E-state index < -0.39 is 0 Å². The van der Waals surface area contributed by atoms with Gasteiger partial charge >= 0.3 is 0 Å². The Balaban J connectivity index is 1.96. The fourth-order valence-electron chi connectivity index (χ4n) is 1.91. The first-order chi connectivity index (χ1) is 9.15. The highest BCUT2D eigenvalue weighted by atomic mass is 35.5. The Hall–Kier alpha value is -1.17. The number of nitrogens with one attached hydrogen (secondary N) is 1. The summed E-state index contributed by atoms with van der Waals surface area (Å²) >= 11 is 9.55. The zero-order valence-corrected chi connectivity index (χ0v) is 12.9. The second kappa shape index (κ2) is 5.07. The van der Waals surface area contributed by atoms with Gasteiger partial charge in [0.05, 0.1) is 37.7 Å². The standard InChI is InChI=1S/C13H12ClN3S2/c1-7(10-5-18-8(2)17-10)16-12-9(14)3-4-11-13(12)15-6-19-11/h3-7,16H,1-2H3. The summed E-state index contributed by atoms with van der Waals surface area (Å²) in [6.07, 6.45) is 0. The third-order valence-electron chi connectivity index (χ3n) is 2.89. The summed E-state index contributed by atoms with van der Waals surface area (Å²) in [5, 5.41) is 7.26. The number of halogens is 1. The predicted octanol–water partition coefficient (Wildman–Crippen LogP) is 4.89. The van der Waals surface area contributed by atoms with E-state index in [1.165, 1.54) is 0 Å². The molecule has 1 N–H and O–H groups in total. The molecule has 0 spiro atoms. The molecule has 0 saturated heterocycles. The van der Waals surface area contributed by atoms with Crippen LogP contribution in [0, 0.1) is 6.92 Å². The van der Waals surface area contributed by atoms with E-state index in [2.05, 4.69) is 27.6 Å². The SMILES string of the molecule is Cc1nc(C(C)Nc2c(Cl)ccc3scnc23)cs1. The van der Waals surface area contributed by atoms with E-state index in [1.807, 2.05) is 24.6 Å². The first-order valence-corrected chi connectivity index (χ1v) is 7.99. The van der Waals surface area contributed by atoms with Crippen LogP contribution in [0.4, 0.5) is 5.69 Å². The molecule has 0 bridgehead atoms. The Bertz CT molecular complexity index is 720. The minimum atomic E-state index is 0.106. The Kier molecular flexibility index (Phi) is 3.43. The molecule has 1 aromatic carbocycles. The Labute approximate surface area is 124 Å². The van der Waals surface area contributed by atoms with Gasteiger partial charge in [0.2, 0.25) is 0 Å². The first kappa shape index (κ1) is 12.8. The van der Waals surface area contributed by atoms with Gasteiger partial charge in [-0.2, -0.15) is 0 Å². The average molecular weight is 310 g/mol. The van der Waals surface area contributed by atoms with Crippen molar-refractivity contribution in [2.24, 2.45) is 0 Å². The van der Waals surface area contributed by atoms with Crippen LogP contribution >= 0.6 is 34.3 Å². The highest BCUT2D eigenvalue weighted by Gasteiger charge is 2.14. The molecule has 0 aliphatic heterocycles.